The van der Waals surface area contributed by atoms with E-state index in [1.165, 1.54) is 6.07 Å². The molecule has 1 atom stereocenters. The molecule has 4 nitrogen and oxygen atoms in total. The lowest BCUT2D eigenvalue weighted by molar-refractivity contribution is -0.145. The van der Waals surface area contributed by atoms with Gasteiger partial charge in [0.1, 0.15) is 5.75 Å². The average molecular weight is 230 g/mol. The molecule has 0 aromatic heterocycles. The van der Waals surface area contributed by atoms with Gasteiger partial charge in [-0.15, -0.1) is 0 Å². The smallest absolute Gasteiger partial charge is 0.344 e. The highest BCUT2D eigenvalue weighted by molar-refractivity contribution is 6.30. The fraction of sp³-hybridized carbons (Fsp3) is 0.300. The Bertz CT molecular complexity index is 368. The predicted octanol–water partition coefficient (Wildman–Crippen LogP) is 2.16. The second-order valence-corrected chi connectivity index (χ2v) is 3.47. The first kappa shape index (κ1) is 11.7. The van der Waals surface area contributed by atoms with Crippen molar-refractivity contribution in [3.05, 3.63) is 23.2 Å². The molecule has 3 N–H and O–H groups in total. The van der Waals surface area contributed by atoms with Crippen LogP contribution in [0.25, 0.3) is 0 Å². The van der Waals surface area contributed by atoms with E-state index in [1.54, 1.807) is 19.1 Å². The zero-order valence-electron chi connectivity index (χ0n) is 8.24. The van der Waals surface area contributed by atoms with Crippen LogP contribution in [0.3, 0.4) is 0 Å². The lowest BCUT2D eigenvalue weighted by atomic mass is 10.2. The number of hydrogen-bond acceptors (Lipinski definition) is 3. The first-order valence-corrected chi connectivity index (χ1v) is 4.87. The van der Waals surface area contributed by atoms with E-state index < -0.39 is 12.1 Å². The minimum Gasteiger partial charge on any atom is -0.479 e. The van der Waals surface area contributed by atoms with Crippen LogP contribution in [-0.2, 0) is 4.79 Å². The van der Waals surface area contributed by atoms with Crippen LogP contribution in [0.5, 0.6) is 5.75 Å². The summed E-state index contributed by atoms with van der Waals surface area (Å²) in [6, 6.07) is 4.69. The molecule has 0 radical (unpaired) electrons. The molecular formula is C10H12ClNO3. The summed E-state index contributed by atoms with van der Waals surface area (Å²) in [6.07, 6.45) is -0.535. The fourth-order valence-electron chi connectivity index (χ4n) is 1.07. The Hall–Kier alpha value is -1.42. The van der Waals surface area contributed by atoms with E-state index >= 15 is 0 Å². The maximum Gasteiger partial charge on any atom is 0.344 e. The van der Waals surface area contributed by atoms with Gasteiger partial charge in [0.05, 0.1) is 5.69 Å². The van der Waals surface area contributed by atoms with Crippen molar-refractivity contribution in [2.24, 2.45) is 0 Å². The predicted molar refractivity (Wildman–Crippen MR) is 58.2 cm³/mol. The number of carboxylic acids is 1. The lowest BCUT2D eigenvalue weighted by Crippen LogP contribution is -2.26. The van der Waals surface area contributed by atoms with Crippen LogP contribution in [0, 0.1) is 0 Å². The molecule has 82 valence electrons. The van der Waals surface area contributed by atoms with Gasteiger partial charge in [0.15, 0.2) is 6.10 Å². The van der Waals surface area contributed by atoms with Crippen LogP contribution in [0.2, 0.25) is 5.02 Å². The molecule has 0 aliphatic rings. The summed E-state index contributed by atoms with van der Waals surface area (Å²) >= 11 is 5.74. The third-order valence-electron chi connectivity index (χ3n) is 1.89. The SMILES string of the molecule is CCC(Oc1cc(Cl)ccc1N)C(=O)O. The molecule has 0 saturated carbocycles. The summed E-state index contributed by atoms with van der Waals surface area (Å²) in [7, 11) is 0. The highest BCUT2D eigenvalue weighted by Gasteiger charge is 2.17. The van der Waals surface area contributed by atoms with Gasteiger partial charge in [0.25, 0.3) is 0 Å². The molecular weight excluding hydrogens is 218 g/mol. The minimum absolute atomic E-state index is 0.303. The van der Waals surface area contributed by atoms with E-state index in [4.69, 9.17) is 27.2 Å². The van der Waals surface area contributed by atoms with Crippen molar-refractivity contribution in [3.63, 3.8) is 0 Å². The second kappa shape index (κ2) is 4.89. The minimum atomic E-state index is -1.02. The highest BCUT2D eigenvalue weighted by Crippen LogP contribution is 2.26. The van der Waals surface area contributed by atoms with Crippen LogP contribution in [0.4, 0.5) is 5.69 Å². The second-order valence-electron chi connectivity index (χ2n) is 3.04. The standard InChI is InChI=1S/C10H12ClNO3/c1-2-8(10(13)14)15-9-5-6(11)3-4-7(9)12/h3-5,8H,2,12H2,1H3,(H,13,14). The van der Waals surface area contributed by atoms with E-state index in [0.29, 0.717) is 22.9 Å². The number of benzene rings is 1. The summed E-state index contributed by atoms with van der Waals surface area (Å²) < 4.78 is 5.23. The van der Waals surface area contributed by atoms with Crippen molar-refractivity contribution < 1.29 is 14.6 Å². The van der Waals surface area contributed by atoms with Gasteiger partial charge in [-0.25, -0.2) is 4.79 Å². The van der Waals surface area contributed by atoms with Gasteiger partial charge >= 0.3 is 5.97 Å². The number of rotatable bonds is 4. The Morgan fingerprint density at radius 3 is 2.87 bits per heavy atom. The molecule has 0 bridgehead atoms. The van der Waals surface area contributed by atoms with Crippen molar-refractivity contribution >= 4 is 23.3 Å². The van der Waals surface area contributed by atoms with Gasteiger partial charge in [-0.05, 0) is 18.6 Å². The number of carboxylic acid groups (broad SMARTS) is 1. The number of carbonyl (C=O) groups is 1. The summed E-state index contributed by atoms with van der Waals surface area (Å²) in [5.41, 5.74) is 5.99. The van der Waals surface area contributed by atoms with Crippen LogP contribution in [0.15, 0.2) is 18.2 Å². The molecule has 1 aromatic rings. The van der Waals surface area contributed by atoms with E-state index in [0.717, 1.165) is 0 Å². The van der Waals surface area contributed by atoms with Crippen molar-refractivity contribution in [1.29, 1.82) is 0 Å². The molecule has 0 fully saturated rings. The zero-order chi connectivity index (χ0) is 11.4. The van der Waals surface area contributed by atoms with E-state index in [9.17, 15) is 4.79 Å². The number of ether oxygens (including phenoxy) is 1. The van der Waals surface area contributed by atoms with Gasteiger partial charge < -0.3 is 15.6 Å². The monoisotopic (exact) mass is 229 g/mol. The molecule has 1 rings (SSSR count). The van der Waals surface area contributed by atoms with Crippen LogP contribution in [-0.4, -0.2) is 17.2 Å². The Labute approximate surface area is 92.6 Å². The Morgan fingerprint density at radius 1 is 1.67 bits per heavy atom. The van der Waals surface area contributed by atoms with Gasteiger partial charge in [-0.1, -0.05) is 18.5 Å². The van der Waals surface area contributed by atoms with Crippen LogP contribution < -0.4 is 10.5 Å². The summed E-state index contributed by atoms with van der Waals surface area (Å²) in [6.45, 7) is 1.72. The summed E-state index contributed by atoms with van der Waals surface area (Å²) in [5.74, 6) is -0.714. The number of hydrogen-bond donors (Lipinski definition) is 2. The van der Waals surface area contributed by atoms with Crippen molar-refractivity contribution in [3.8, 4) is 5.75 Å². The molecule has 15 heavy (non-hydrogen) atoms. The molecule has 0 aliphatic carbocycles. The van der Waals surface area contributed by atoms with Crippen molar-refractivity contribution in [1.82, 2.24) is 0 Å². The lowest BCUT2D eigenvalue weighted by Gasteiger charge is -2.14. The fourth-order valence-corrected chi connectivity index (χ4v) is 1.23. The number of anilines is 1. The van der Waals surface area contributed by atoms with Gasteiger partial charge in [0.2, 0.25) is 0 Å². The average Bonchev–Trinajstić information content (AvgIpc) is 2.18. The molecule has 0 spiro atoms. The summed E-state index contributed by atoms with van der Waals surface area (Å²) in [5, 5.41) is 9.25. The number of nitrogen functional groups attached to an aromatic ring is 1. The Morgan fingerprint density at radius 2 is 2.33 bits per heavy atom. The Kier molecular flexibility index (Phi) is 3.80. The molecule has 0 heterocycles. The van der Waals surface area contributed by atoms with Gasteiger partial charge in [-0.2, -0.15) is 0 Å². The number of aliphatic carboxylic acids is 1. The van der Waals surface area contributed by atoms with Crippen LogP contribution >= 0.6 is 11.6 Å². The zero-order valence-corrected chi connectivity index (χ0v) is 8.99. The molecule has 0 aliphatic heterocycles. The highest BCUT2D eigenvalue weighted by atomic mass is 35.5. The number of nitrogens with two attached hydrogens (primary N) is 1. The molecule has 5 heteroatoms. The number of halogens is 1. The molecule has 1 unspecified atom stereocenters. The van der Waals surface area contributed by atoms with E-state index in [-0.39, 0.29) is 0 Å². The third-order valence-corrected chi connectivity index (χ3v) is 2.13. The first-order valence-electron chi connectivity index (χ1n) is 4.49. The molecule has 0 amide bonds. The Balaban J connectivity index is 2.87. The third kappa shape index (κ3) is 3.02. The molecule has 1 aromatic carbocycles. The van der Waals surface area contributed by atoms with Gasteiger partial charge in [0, 0.05) is 11.1 Å². The van der Waals surface area contributed by atoms with E-state index in [2.05, 4.69) is 0 Å². The van der Waals surface area contributed by atoms with Crippen molar-refractivity contribution in [2.75, 3.05) is 5.73 Å². The maximum absolute atomic E-state index is 10.7. The largest absolute Gasteiger partial charge is 0.479 e. The van der Waals surface area contributed by atoms with Crippen LogP contribution in [0.1, 0.15) is 13.3 Å². The quantitative estimate of drug-likeness (QED) is 0.776. The molecule has 0 saturated heterocycles. The van der Waals surface area contributed by atoms with Gasteiger partial charge in [-0.3, -0.25) is 0 Å². The summed E-state index contributed by atoms with van der Waals surface area (Å²) in [4.78, 5) is 10.7. The van der Waals surface area contributed by atoms with E-state index in [1.807, 2.05) is 0 Å². The first-order chi connectivity index (χ1) is 7.04. The normalized spacial score (nSPS) is 12.1. The maximum atomic E-state index is 10.7. The van der Waals surface area contributed by atoms with Crippen molar-refractivity contribution in [2.45, 2.75) is 19.4 Å². The topological polar surface area (TPSA) is 72.5 Å².